The van der Waals surface area contributed by atoms with Crippen LogP contribution in [-0.2, 0) is 17.9 Å². The minimum atomic E-state index is -0.698. The first-order chi connectivity index (χ1) is 12.2. The summed E-state index contributed by atoms with van der Waals surface area (Å²) in [6, 6.07) is 10.2. The molecular formula is C19H24N4O2. The molecule has 1 saturated carbocycles. The van der Waals surface area contributed by atoms with E-state index in [9.17, 15) is 9.90 Å². The average molecular weight is 340 g/mol. The molecule has 2 aliphatic rings. The van der Waals surface area contributed by atoms with Gasteiger partial charge in [-0.2, -0.15) is 0 Å². The third-order valence-electron chi connectivity index (χ3n) is 5.72. The Labute approximate surface area is 147 Å². The van der Waals surface area contributed by atoms with Crippen molar-refractivity contribution >= 4 is 5.97 Å². The van der Waals surface area contributed by atoms with Crippen molar-refractivity contribution in [1.82, 2.24) is 19.9 Å². The number of rotatable bonds is 5. The van der Waals surface area contributed by atoms with Gasteiger partial charge in [-0.3, -0.25) is 9.69 Å². The lowest BCUT2D eigenvalue weighted by Gasteiger charge is -2.32. The van der Waals surface area contributed by atoms with Gasteiger partial charge in [0.2, 0.25) is 0 Å². The fraction of sp³-hybridized carbons (Fsp3) is 0.526. The highest BCUT2D eigenvalue weighted by Gasteiger charge is 2.45. The van der Waals surface area contributed by atoms with Gasteiger partial charge in [-0.1, -0.05) is 48.4 Å². The van der Waals surface area contributed by atoms with Crippen molar-refractivity contribution in [3.05, 3.63) is 47.8 Å². The van der Waals surface area contributed by atoms with Crippen LogP contribution in [0.15, 0.2) is 36.5 Å². The van der Waals surface area contributed by atoms with E-state index in [2.05, 4.69) is 27.3 Å². The van der Waals surface area contributed by atoms with E-state index in [-0.39, 0.29) is 6.04 Å². The Balaban J connectivity index is 1.54. The third kappa shape index (κ3) is 3.31. The molecule has 1 N–H and O–H groups in total. The molecule has 0 bridgehead atoms. The molecule has 1 aliphatic carbocycles. The van der Waals surface area contributed by atoms with Crippen LogP contribution in [0.25, 0.3) is 0 Å². The van der Waals surface area contributed by atoms with Crippen LogP contribution in [0.3, 0.4) is 0 Å². The zero-order chi connectivity index (χ0) is 17.2. The molecule has 2 aromatic rings. The topological polar surface area (TPSA) is 71.2 Å². The smallest absolute Gasteiger partial charge is 0.320 e. The number of carboxylic acid groups (broad SMARTS) is 1. The first-order valence-corrected chi connectivity index (χ1v) is 9.12. The molecule has 25 heavy (non-hydrogen) atoms. The van der Waals surface area contributed by atoms with E-state index in [0.29, 0.717) is 25.0 Å². The number of nitrogens with zero attached hydrogens (tertiary/aromatic N) is 4. The molecule has 3 unspecified atom stereocenters. The summed E-state index contributed by atoms with van der Waals surface area (Å²) in [6.45, 7) is 1.27. The summed E-state index contributed by atoms with van der Waals surface area (Å²) in [5.41, 5.74) is 2.15. The summed E-state index contributed by atoms with van der Waals surface area (Å²) < 4.78 is 1.89. The van der Waals surface area contributed by atoms with Gasteiger partial charge in [0.05, 0.1) is 18.4 Å². The molecule has 132 valence electrons. The molecule has 3 atom stereocenters. The van der Waals surface area contributed by atoms with Crippen molar-refractivity contribution in [2.75, 3.05) is 0 Å². The van der Waals surface area contributed by atoms with E-state index in [1.807, 2.05) is 22.9 Å². The zero-order valence-corrected chi connectivity index (χ0v) is 14.3. The lowest BCUT2D eigenvalue weighted by Crippen LogP contribution is -2.42. The van der Waals surface area contributed by atoms with Gasteiger partial charge in [0, 0.05) is 12.6 Å². The summed E-state index contributed by atoms with van der Waals surface area (Å²) in [6.07, 6.45) is 7.25. The highest BCUT2D eigenvalue weighted by molar-refractivity contribution is 5.74. The number of carbonyl (C=O) groups is 1. The van der Waals surface area contributed by atoms with E-state index in [0.717, 1.165) is 25.0 Å². The van der Waals surface area contributed by atoms with Gasteiger partial charge in [-0.05, 0) is 30.7 Å². The van der Waals surface area contributed by atoms with Gasteiger partial charge in [0.25, 0.3) is 0 Å². The van der Waals surface area contributed by atoms with Gasteiger partial charge in [0.1, 0.15) is 6.04 Å². The molecule has 0 radical (unpaired) electrons. The number of likely N-dealkylation sites (tertiary alicyclic amines) is 1. The van der Waals surface area contributed by atoms with Crippen LogP contribution in [0.2, 0.25) is 0 Å². The number of aliphatic carboxylic acids is 1. The summed E-state index contributed by atoms with van der Waals surface area (Å²) in [5, 5.41) is 18.0. The largest absolute Gasteiger partial charge is 0.480 e. The molecule has 4 rings (SSSR count). The molecule has 6 heteroatoms. The van der Waals surface area contributed by atoms with Crippen molar-refractivity contribution in [3.8, 4) is 0 Å². The second kappa shape index (κ2) is 6.96. The van der Waals surface area contributed by atoms with Crippen LogP contribution in [0, 0.1) is 5.92 Å². The Morgan fingerprint density at radius 2 is 1.96 bits per heavy atom. The third-order valence-corrected chi connectivity index (χ3v) is 5.72. The number of benzene rings is 1. The Bertz CT molecular complexity index is 730. The second-order valence-electron chi connectivity index (χ2n) is 7.24. The maximum Gasteiger partial charge on any atom is 0.320 e. The van der Waals surface area contributed by atoms with E-state index in [1.54, 1.807) is 6.20 Å². The Kier molecular flexibility index (Phi) is 4.53. The summed E-state index contributed by atoms with van der Waals surface area (Å²) in [7, 11) is 0. The predicted molar refractivity (Wildman–Crippen MR) is 92.9 cm³/mol. The summed E-state index contributed by atoms with van der Waals surface area (Å²) in [5.74, 6) is -0.176. The monoisotopic (exact) mass is 340 g/mol. The van der Waals surface area contributed by atoms with Crippen LogP contribution in [-0.4, -0.2) is 43.1 Å². The van der Waals surface area contributed by atoms with Crippen LogP contribution >= 0.6 is 0 Å². The highest BCUT2D eigenvalue weighted by Crippen LogP contribution is 2.40. The lowest BCUT2D eigenvalue weighted by molar-refractivity contribution is -0.143. The maximum absolute atomic E-state index is 11.8. The first kappa shape index (κ1) is 16.3. The number of carboxylic acids is 1. The summed E-state index contributed by atoms with van der Waals surface area (Å²) >= 11 is 0. The minimum absolute atomic E-state index is 0.381. The van der Waals surface area contributed by atoms with Crippen LogP contribution < -0.4 is 0 Å². The maximum atomic E-state index is 11.8. The predicted octanol–water partition coefficient (Wildman–Crippen LogP) is 2.54. The van der Waals surface area contributed by atoms with E-state index >= 15 is 0 Å². The number of hydrogen-bond acceptors (Lipinski definition) is 4. The SMILES string of the molecule is O=C(O)C1CC2CCCCC2N1Cc1cnnn1Cc1ccccc1. The van der Waals surface area contributed by atoms with Crippen LogP contribution in [0.4, 0.5) is 0 Å². The number of aromatic nitrogens is 3. The molecule has 1 aromatic heterocycles. The van der Waals surface area contributed by atoms with Gasteiger partial charge in [-0.15, -0.1) is 5.10 Å². The van der Waals surface area contributed by atoms with Crippen LogP contribution in [0.1, 0.15) is 43.4 Å². The normalized spacial score (nSPS) is 26.5. The van der Waals surface area contributed by atoms with Crippen molar-refractivity contribution in [2.24, 2.45) is 5.92 Å². The number of fused-ring (bicyclic) bond motifs is 1. The van der Waals surface area contributed by atoms with E-state index in [4.69, 9.17) is 0 Å². The molecule has 1 aliphatic heterocycles. The molecule has 0 spiro atoms. The van der Waals surface area contributed by atoms with Gasteiger partial charge in [-0.25, -0.2) is 4.68 Å². The molecule has 1 saturated heterocycles. The van der Waals surface area contributed by atoms with Gasteiger partial charge in [0.15, 0.2) is 0 Å². The first-order valence-electron chi connectivity index (χ1n) is 9.12. The Morgan fingerprint density at radius 1 is 1.16 bits per heavy atom. The fourth-order valence-electron chi connectivity index (χ4n) is 4.50. The second-order valence-corrected chi connectivity index (χ2v) is 7.24. The molecule has 2 fully saturated rings. The Morgan fingerprint density at radius 3 is 2.76 bits per heavy atom. The molecule has 6 nitrogen and oxygen atoms in total. The van der Waals surface area contributed by atoms with Crippen molar-refractivity contribution in [1.29, 1.82) is 0 Å². The zero-order valence-electron chi connectivity index (χ0n) is 14.3. The van der Waals surface area contributed by atoms with Gasteiger partial charge < -0.3 is 5.11 Å². The lowest BCUT2D eigenvalue weighted by atomic mass is 9.85. The number of hydrogen-bond donors (Lipinski definition) is 1. The molecular weight excluding hydrogens is 316 g/mol. The van der Waals surface area contributed by atoms with Crippen molar-refractivity contribution < 1.29 is 9.90 Å². The Hall–Kier alpha value is -2.21. The van der Waals surface area contributed by atoms with Crippen molar-refractivity contribution in [2.45, 2.75) is 57.3 Å². The molecule has 1 aromatic carbocycles. The fourth-order valence-corrected chi connectivity index (χ4v) is 4.50. The van der Waals surface area contributed by atoms with E-state index in [1.165, 1.54) is 18.4 Å². The summed E-state index contributed by atoms with van der Waals surface area (Å²) in [4.78, 5) is 14.0. The van der Waals surface area contributed by atoms with Crippen molar-refractivity contribution in [3.63, 3.8) is 0 Å². The quantitative estimate of drug-likeness (QED) is 0.906. The van der Waals surface area contributed by atoms with Gasteiger partial charge >= 0.3 is 5.97 Å². The average Bonchev–Trinajstić information content (AvgIpc) is 3.21. The van der Waals surface area contributed by atoms with Crippen LogP contribution in [0.5, 0.6) is 0 Å². The van der Waals surface area contributed by atoms with E-state index < -0.39 is 5.97 Å². The minimum Gasteiger partial charge on any atom is -0.480 e. The highest BCUT2D eigenvalue weighted by atomic mass is 16.4. The molecule has 0 amide bonds. The molecule has 2 heterocycles. The standard InChI is InChI=1S/C19H24N4O2/c24-19(25)18-10-15-8-4-5-9-17(15)22(18)13-16-11-20-21-23(16)12-14-6-2-1-3-7-14/h1-3,6-7,11,15,17-18H,4-5,8-10,12-13H2,(H,24,25).